The maximum absolute atomic E-state index is 3.49. The molecule has 2 heteroatoms. The Kier molecular flexibility index (Phi) is 4.87. The highest BCUT2D eigenvalue weighted by atomic mass is 15.2. The number of hydrogen-bond donors (Lipinski definition) is 1. The summed E-state index contributed by atoms with van der Waals surface area (Å²) in [7, 11) is 2.13. The van der Waals surface area contributed by atoms with E-state index in [-0.39, 0.29) is 0 Å². The normalized spacial score (nSPS) is 30.2. The van der Waals surface area contributed by atoms with Crippen LogP contribution in [0.25, 0.3) is 0 Å². The summed E-state index contributed by atoms with van der Waals surface area (Å²) in [5.74, 6) is 0.847. The molecule has 2 aliphatic carbocycles. The summed E-state index contributed by atoms with van der Waals surface area (Å²) in [6.45, 7) is 6.04. The third kappa shape index (κ3) is 3.96. The van der Waals surface area contributed by atoms with Crippen LogP contribution in [0.15, 0.2) is 0 Å². The van der Waals surface area contributed by atoms with Crippen molar-refractivity contribution in [1.29, 1.82) is 0 Å². The molecule has 1 N–H and O–H groups in total. The third-order valence-electron chi connectivity index (χ3n) is 4.50. The van der Waals surface area contributed by atoms with Crippen molar-refractivity contribution in [3.63, 3.8) is 0 Å². The van der Waals surface area contributed by atoms with Crippen LogP contribution in [0.4, 0.5) is 0 Å². The molecule has 100 valence electrons. The van der Waals surface area contributed by atoms with E-state index in [4.69, 9.17) is 0 Å². The minimum Gasteiger partial charge on any atom is -0.317 e. The zero-order valence-corrected chi connectivity index (χ0v) is 11.9. The number of nitrogens with one attached hydrogen (secondary N) is 1. The predicted octanol–water partition coefficient (Wildman–Crippen LogP) is 3.03. The van der Waals surface area contributed by atoms with Crippen LogP contribution in [-0.2, 0) is 0 Å². The van der Waals surface area contributed by atoms with Crippen molar-refractivity contribution in [1.82, 2.24) is 10.2 Å². The van der Waals surface area contributed by atoms with Crippen molar-refractivity contribution < 1.29 is 0 Å². The Balaban J connectivity index is 1.86. The van der Waals surface area contributed by atoms with E-state index in [1.807, 2.05) is 0 Å². The fourth-order valence-corrected chi connectivity index (χ4v) is 3.20. The highest BCUT2D eigenvalue weighted by Crippen LogP contribution is 2.34. The fourth-order valence-electron chi connectivity index (χ4n) is 3.20. The first kappa shape index (κ1) is 13.4. The van der Waals surface area contributed by atoms with E-state index in [1.165, 1.54) is 51.5 Å². The van der Waals surface area contributed by atoms with E-state index in [9.17, 15) is 0 Å². The summed E-state index contributed by atoms with van der Waals surface area (Å²) >= 11 is 0. The Hall–Kier alpha value is -0.0800. The Morgan fingerprint density at radius 3 is 2.47 bits per heavy atom. The quantitative estimate of drug-likeness (QED) is 0.765. The van der Waals surface area contributed by atoms with Crippen molar-refractivity contribution in [2.45, 2.75) is 76.9 Å². The summed E-state index contributed by atoms with van der Waals surface area (Å²) in [4.78, 5) is 2.85. The lowest BCUT2D eigenvalue weighted by atomic mass is 9.89. The molecule has 0 radical (unpaired) electrons. The van der Waals surface area contributed by atoms with Gasteiger partial charge in [-0.1, -0.05) is 20.3 Å². The third-order valence-corrected chi connectivity index (χ3v) is 4.50. The van der Waals surface area contributed by atoms with Gasteiger partial charge in [0.05, 0.1) is 0 Å². The molecule has 0 aliphatic heterocycles. The summed E-state index contributed by atoms with van der Waals surface area (Å²) in [6, 6.07) is 2.58. The summed E-state index contributed by atoms with van der Waals surface area (Å²) in [5.41, 5.74) is 0. The summed E-state index contributed by atoms with van der Waals surface area (Å²) in [5, 5.41) is 3.49. The summed E-state index contributed by atoms with van der Waals surface area (Å²) in [6.07, 6.45) is 9.91. The largest absolute Gasteiger partial charge is 0.317 e. The van der Waals surface area contributed by atoms with E-state index >= 15 is 0 Å². The van der Waals surface area contributed by atoms with Gasteiger partial charge in [-0.25, -0.2) is 0 Å². The topological polar surface area (TPSA) is 15.3 Å². The molecule has 2 saturated carbocycles. The second-order valence-electron chi connectivity index (χ2n) is 6.46. The van der Waals surface area contributed by atoms with E-state index in [2.05, 4.69) is 31.1 Å². The molecule has 0 spiro atoms. The van der Waals surface area contributed by atoms with Gasteiger partial charge < -0.3 is 5.32 Å². The molecule has 0 saturated heterocycles. The van der Waals surface area contributed by atoms with Gasteiger partial charge in [-0.05, 0) is 58.0 Å². The molecule has 0 aromatic heterocycles. The number of rotatable bonds is 6. The van der Waals surface area contributed by atoms with Crippen LogP contribution in [0.5, 0.6) is 0 Å². The first-order chi connectivity index (χ1) is 8.20. The molecule has 0 amide bonds. The Bertz CT molecular complexity index is 223. The molecule has 0 aromatic carbocycles. The maximum Gasteiger partial charge on any atom is 0.0113 e. The molecule has 0 bridgehead atoms. The van der Waals surface area contributed by atoms with Gasteiger partial charge >= 0.3 is 0 Å². The predicted molar refractivity (Wildman–Crippen MR) is 74.3 cm³/mol. The maximum atomic E-state index is 3.49. The average Bonchev–Trinajstić information content (AvgIpc) is 3.14. The molecule has 2 nitrogen and oxygen atoms in total. The van der Waals surface area contributed by atoms with E-state index in [0.717, 1.165) is 24.0 Å². The van der Waals surface area contributed by atoms with Crippen molar-refractivity contribution in [2.24, 2.45) is 5.92 Å². The molecular formula is C15H30N2. The zero-order valence-electron chi connectivity index (χ0n) is 11.9. The van der Waals surface area contributed by atoms with Gasteiger partial charge in [0, 0.05) is 18.1 Å². The van der Waals surface area contributed by atoms with E-state index in [0.29, 0.717) is 0 Å². The summed E-state index contributed by atoms with van der Waals surface area (Å²) < 4.78 is 0. The highest BCUT2D eigenvalue weighted by molar-refractivity contribution is 4.92. The molecule has 0 heterocycles. The van der Waals surface area contributed by atoms with Gasteiger partial charge in [0.1, 0.15) is 0 Å². The monoisotopic (exact) mass is 238 g/mol. The first-order valence-corrected chi connectivity index (χ1v) is 7.63. The van der Waals surface area contributed by atoms with Crippen LogP contribution in [0, 0.1) is 5.92 Å². The van der Waals surface area contributed by atoms with Gasteiger partial charge in [0.25, 0.3) is 0 Å². The highest BCUT2D eigenvalue weighted by Gasteiger charge is 2.35. The smallest absolute Gasteiger partial charge is 0.0113 e. The lowest BCUT2D eigenvalue weighted by Gasteiger charge is -2.38. The minimum atomic E-state index is 0.772. The van der Waals surface area contributed by atoms with Gasteiger partial charge in [-0.3, -0.25) is 4.90 Å². The Morgan fingerprint density at radius 2 is 1.88 bits per heavy atom. The van der Waals surface area contributed by atoms with Crippen LogP contribution in [-0.4, -0.2) is 36.6 Å². The van der Waals surface area contributed by atoms with Gasteiger partial charge in [-0.15, -0.1) is 0 Å². The number of hydrogen-bond acceptors (Lipinski definition) is 2. The SMILES string of the molecule is CNC1CCCC(N(CCC(C)C)C2CC2)C1. The molecule has 2 rings (SSSR count). The minimum absolute atomic E-state index is 0.772. The molecule has 2 atom stereocenters. The average molecular weight is 238 g/mol. The van der Waals surface area contributed by atoms with Crippen LogP contribution in [0.2, 0.25) is 0 Å². The van der Waals surface area contributed by atoms with Crippen molar-refractivity contribution in [3.05, 3.63) is 0 Å². The lowest BCUT2D eigenvalue weighted by molar-refractivity contribution is 0.127. The zero-order chi connectivity index (χ0) is 12.3. The Morgan fingerprint density at radius 1 is 1.12 bits per heavy atom. The number of nitrogens with zero attached hydrogens (tertiary/aromatic N) is 1. The Labute approximate surface area is 107 Å². The van der Waals surface area contributed by atoms with Gasteiger partial charge in [0.2, 0.25) is 0 Å². The molecule has 17 heavy (non-hydrogen) atoms. The second kappa shape index (κ2) is 6.19. The van der Waals surface area contributed by atoms with E-state index in [1.54, 1.807) is 0 Å². The van der Waals surface area contributed by atoms with Crippen LogP contribution in [0.1, 0.15) is 58.8 Å². The van der Waals surface area contributed by atoms with Gasteiger partial charge in [-0.2, -0.15) is 0 Å². The fraction of sp³-hybridized carbons (Fsp3) is 1.00. The van der Waals surface area contributed by atoms with Crippen LogP contribution >= 0.6 is 0 Å². The standard InChI is InChI=1S/C15H30N2/c1-12(2)9-10-17(14-7-8-14)15-6-4-5-13(11-15)16-3/h12-16H,4-11H2,1-3H3. The lowest BCUT2D eigenvalue weighted by Crippen LogP contribution is -2.45. The van der Waals surface area contributed by atoms with Crippen LogP contribution < -0.4 is 5.32 Å². The van der Waals surface area contributed by atoms with Crippen molar-refractivity contribution >= 4 is 0 Å². The molecule has 2 fully saturated rings. The van der Waals surface area contributed by atoms with Crippen LogP contribution in [0.3, 0.4) is 0 Å². The first-order valence-electron chi connectivity index (χ1n) is 7.63. The molecule has 2 aliphatic rings. The molecular weight excluding hydrogens is 208 g/mol. The van der Waals surface area contributed by atoms with Crippen molar-refractivity contribution in [2.75, 3.05) is 13.6 Å². The van der Waals surface area contributed by atoms with Crippen molar-refractivity contribution in [3.8, 4) is 0 Å². The second-order valence-corrected chi connectivity index (χ2v) is 6.46. The van der Waals surface area contributed by atoms with Gasteiger partial charge in [0.15, 0.2) is 0 Å². The van der Waals surface area contributed by atoms with E-state index < -0.39 is 0 Å². The molecule has 0 aromatic rings. The molecule has 2 unspecified atom stereocenters.